The summed E-state index contributed by atoms with van der Waals surface area (Å²) in [7, 11) is 0. The summed E-state index contributed by atoms with van der Waals surface area (Å²) in [5, 5.41) is 11.0. The van der Waals surface area contributed by atoms with Crippen LogP contribution in [0.4, 0.5) is 5.69 Å². The highest BCUT2D eigenvalue weighted by Crippen LogP contribution is 2.38. The van der Waals surface area contributed by atoms with Crippen molar-refractivity contribution in [3.63, 3.8) is 0 Å². The number of nitrogens with zero attached hydrogens (tertiary/aromatic N) is 3. The van der Waals surface area contributed by atoms with Gasteiger partial charge in [-0.25, -0.2) is 4.98 Å². The zero-order valence-electron chi connectivity index (χ0n) is 15.6. The van der Waals surface area contributed by atoms with E-state index in [9.17, 15) is 0 Å². The van der Waals surface area contributed by atoms with Gasteiger partial charge >= 0.3 is 0 Å². The van der Waals surface area contributed by atoms with E-state index < -0.39 is 0 Å². The second-order valence-corrected chi connectivity index (χ2v) is 8.19. The average Bonchev–Trinajstić information content (AvgIpc) is 3.43. The van der Waals surface area contributed by atoms with Gasteiger partial charge in [-0.05, 0) is 29.8 Å². The van der Waals surface area contributed by atoms with Crippen LogP contribution in [0.5, 0.6) is 0 Å². The summed E-state index contributed by atoms with van der Waals surface area (Å²) in [6.45, 7) is 0. The summed E-state index contributed by atoms with van der Waals surface area (Å²) in [6, 6.07) is 28.6. The lowest BCUT2D eigenvalue weighted by molar-refractivity contribution is 0.691. The topological polar surface area (TPSA) is 28.5 Å². The van der Waals surface area contributed by atoms with Crippen LogP contribution in [-0.4, -0.2) is 10.7 Å². The van der Waals surface area contributed by atoms with Gasteiger partial charge in [-0.15, -0.1) is 11.3 Å². The maximum Gasteiger partial charge on any atom is 0.123 e. The summed E-state index contributed by atoms with van der Waals surface area (Å²) in [6.07, 6.45) is 0.800. The van der Waals surface area contributed by atoms with E-state index in [1.165, 1.54) is 0 Å². The molecule has 0 aliphatic carbocycles. The summed E-state index contributed by atoms with van der Waals surface area (Å²) < 4.78 is 0. The van der Waals surface area contributed by atoms with Crippen LogP contribution in [0.25, 0.3) is 10.6 Å². The Hall–Kier alpha value is -2.95. The highest BCUT2D eigenvalue weighted by molar-refractivity contribution is 7.13. The van der Waals surface area contributed by atoms with Crippen LogP contribution < -0.4 is 5.01 Å². The van der Waals surface area contributed by atoms with Crippen molar-refractivity contribution in [3.8, 4) is 10.6 Å². The van der Waals surface area contributed by atoms with E-state index in [0.29, 0.717) is 0 Å². The number of para-hydroxylation sites is 1. The SMILES string of the molecule is Clc1ccc(C2=NN(c3ccccc3)[C@H](c3csc(-c4ccccc4)n3)C2)cc1. The molecular formula is C24H18ClN3S. The molecule has 1 atom stereocenters. The molecular weight excluding hydrogens is 398 g/mol. The van der Waals surface area contributed by atoms with E-state index in [2.05, 4.69) is 34.7 Å². The van der Waals surface area contributed by atoms with Crippen molar-refractivity contribution in [1.29, 1.82) is 0 Å². The number of anilines is 1. The number of thiazole rings is 1. The maximum absolute atomic E-state index is 6.07. The number of halogens is 1. The first-order valence-electron chi connectivity index (χ1n) is 9.46. The predicted octanol–water partition coefficient (Wildman–Crippen LogP) is 6.82. The number of aromatic nitrogens is 1. The first kappa shape index (κ1) is 18.1. The minimum absolute atomic E-state index is 0.0665. The molecule has 0 saturated heterocycles. The van der Waals surface area contributed by atoms with Crippen molar-refractivity contribution in [1.82, 2.24) is 4.98 Å². The molecule has 0 spiro atoms. The third-order valence-corrected chi connectivity index (χ3v) is 6.15. The van der Waals surface area contributed by atoms with Crippen molar-refractivity contribution in [2.75, 3.05) is 5.01 Å². The smallest absolute Gasteiger partial charge is 0.123 e. The molecule has 3 aromatic carbocycles. The normalized spacial score (nSPS) is 16.1. The Morgan fingerprint density at radius 3 is 2.24 bits per heavy atom. The van der Waals surface area contributed by atoms with E-state index >= 15 is 0 Å². The molecule has 0 unspecified atom stereocenters. The number of hydrogen-bond acceptors (Lipinski definition) is 4. The van der Waals surface area contributed by atoms with Gasteiger partial charge in [0.15, 0.2) is 0 Å². The molecule has 1 aliphatic rings. The Morgan fingerprint density at radius 1 is 0.828 bits per heavy atom. The standard InChI is InChI=1S/C24H18ClN3S/c25-19-13-11-17(12-14-19)21-15-23(28(27-21)20-9-5-2-6-10-20)22-16-29-24(26-22)18-7-3-1-4-8-18/h1-14,16,23H,15H2/t23-/m0/s1. The second-order valence-electron chi connectivity index (χ2n) is 6.90. The number of hydrazone groups is 1. The lowest BCUT2D eigenvalue weighted by Crippen LogP contribution is -2.18. The number of rotatable bonds is 4. The Kier molecular flexibility index (Phi) is 4.88. The lowest BCUT2D eigenvalue weighted by Gasteiger charge is -2.22. The monoisotopic (exact) mass is 415 g/mol. The third kappa shape index (κ3) is 3.69. The van der Waals surface area contributed by atoms with Gasteiger partial charge in [0.05, 0.1) is 17.1 Å². The van der Waals surface area contributed by atoms with Crippen LogP contribution >= 0.6 is 22.9 Å². The van der Waals surface area contributed by atoms with Gasteiger partial charge in [-0.3, -0.25) is 5.01 Å². The largest absolute Gasteiger partial charge is 0.256 e. The van der Waals surface area contributed by atoms with E-state index in [1.807, 2.05) is 60.7 Å². The molecule has 0 saturated carbocycles. The van der Waals surface area contributed by atoms with E-state index in [1.54, 1.807) is 11.3 Å². The van der Waals surface area contributed by atoms with Gasteiger partial charge in [-0.2, -0.15) is 5.10 Å². The molecule has 0 radical (unpaired) electrons. The zero-order chi connectivity index (χ0) is 19.6. The minimum atomic E-state index is 0.0665. The summed E-state index contributed by atoms with van der Waals surface area (Å²) in [4.78, 5) is 4.96. The average molecular weight is 416 g/mol. The minimum Gasteiger partial charge on any atom is -0.256 e. The molecule has 29 heavy (non-hydrogen) atoms. The number of hydrogen-bond donors (Lipinski definition) is 0. The molecule has 0 amide bonds. The van der Waals surface area contributed by atoms with Crippen LogP contribution in [0.15, 0.2) is 95.4 Å². The Bertz CT molecular complexity index is 1140. The molecule has 0 N–H and O–H groups in total. The molecule has 1 aromatic heterocycles. The van der Waals surface area contributed by atoms with Crippen LogP contribution in [-0.2, 0) is 0 Å². The highest BCUT2D eigenvalue weighted by atomic mass is 35.5. The molecule has 0 fully saturated rings. The molecule has 4 aromatic rings. The highest BCUT2D eigenvalue weighted by Gasteiger charge is 2.31. The number of benzene rings is 3. The fourth-order valence-corrected chi connectivity index (χ4v) is 4.53. The van der Waals surface area contributed by atoms with Crippen LogP contribution in [0, 0.1) is 0 Å². The van der Waals surface area contributed by atoms with Gasteiger partial charge in [0.1, 0.15) is 11.0 Å². The van der Waals surface area contributed by atoms with E-state index in [-0.39, 0.29) is 6.04 Å². The van der Waals surface area contributed by atoms with Crippen molar-refractivity contribution in [3.05, 3.63) is 107 Å². The van der Waals surface area contributed by atoms with Gasteiger partial charge in [-0.1, -0.05) is 72.3 Å². The van der Waals surface area contributed by atoms with Gasteiger partial charge < -0.3 is 0 Å². The van der Waals surface area contributed by atoms with E-state index in [4.69, 9.17) is 21.7 Å². The van der Waals surface area contributed by atoms with E-state index in [0.717, 1.165) is 44.7 Å². The fraction of sp³-hybridized carbons (Fsp3) is 0.0833. The van der Waals surface area contributed by atoms with Crippen LogP contribution in [0.2, 0.25) is 5.02 Å². The van der Waals surface area contributed by atoms with Gasteiger partial charge in [0.2, 0.25) is 0 Å². The summed E-state index contributed by atoms with van der Waals surface area (Å²) >= 11 is 7.75. The summed E-state index contributed by atoms with van der Waals surface area (Å²) in [5.74, 6) is 0. The van der Waals surface area contributed by atoms with Crippen molar-refractivity contribution in [2.24, 2.45) is 5.10 Å². The van der Waals surface area contributed by atoms with Crippen LogP contribution in [0.1, 0.15) is 23.7 Å². The lowest BCUT2D eigenvalue weighted by atomic mass is 10.0. The first-order chi connectivity index (χ1) is 14.3. The molecule has 2 heterocycles. The Morgan fingerprint density at radius 2 is 1.52 bits per heavy atom. The second kappa shape index (κ2) is 7.82. The summed E-state index contributed by atoms with van der Waals surface area (Å²) in [5.41, 5.74) is 5.40. The molecule has 5 heteroatoms. The Balaban J connectivity index is 1.51. The first-order valence-corrected chi connectivity index (χ1v) is 10.7. The van der Waals surface area contributed by atoms with Crippen molar-refractivity contribution in [2.45, 2.75) is 12.5 Å². The molecule has 0 bridgehead atoms. The third-order valence-electron chi connectivity index (χ3n) is 4.99. The predicted molar refractivity (Wildman–Crippen MR) is 122 cm³/mol. The van der Waals surface area contributed by atoms with Crippen molar-refractivity contribution < 1.29 is 0 Å². The molecule has 3 nitrogen and oxygen atoms in total. The Labute approximate surface area is 178 Å². The molecule has 5 rings (SSSR count). The van der Waals surface area contributed by atoms with Crippen LogP contribution in [0.3, 0.4) is 0 Å². The van der Waals surface area contributed by atoms with Crippen molar-refractivity contribution >= 4 is 34.3 Å². The fourth-order valence-electron chi connectivity index (χ4n) is 3.53. The molecule has 1 aliphatic heterocycles. The van der Waals surface area contributed by atoms with Gasteiger partial charge in [0, 0.05) is 22.4 Å². The molecule has 142 valence electrons. The zero-order valence-corrected chi connectivity index (χ0v) is 17.1. The van der Waals surface area contributed by atoms with Gasteiger partial charge in [0.25, 0.3) is 0 Å². The maximum atomic E-state index is 6.07. The quantitative estimate of drug-likeness (QED) is 0.366.